The first-order valence-electron chi connectivity index (χ1n) is 8.67. The van der Waals surface area contributed by atoms with E-state index in [-0.39, 0.29) is 0 Å². The maximum absolute atomic E-state index is 10.6. The van der Waals surface area contributed by atoms with Crippen LogP contribution in [0.3, 0.4) is 0 Å². The van der Waals surface area contributed by atoms with E-state index in [1.54, 1.807) is 7.11 Å². The number of ether oxygens (including phenoxy) is 1. The van der Waals surface area contributed by atoms with E-state index in [0.29, 0.717) is 24.2 Å². The molecular formula is C18H22F3N3O4. The maximum Gasteiger partial charge on any atom is 0.490 e. The summed E-state index contributed by atoms with van der Waals surface area (Å²) in [4.78, 5) is 15.6. The van der Waals surface area contributed by atoms with E-state index in [2.05, 4.69) is 45.4 Å². The van der Waals surface area contributed by atoms with Crippen LogP contribution in [-0.2, 0) is 22.7 Å². The molecule has 28 heavy (non-hydrogen) atoms. The Morgan fingerprint density at radius 3 is 2.43 bits per heavy atom. The smallest absolute Gasteiger partial charge is 0.475 e. The molecule has 10 heteroatoms. The number of benzene rings is 1. The van der Waals surface area contributed by atoms with Crippen molar-refractivity contribution in [3.8, 4) is 0 Å². The van der Waals surface area contributed by atoms with E-state index in [9.17, 15) is 13.2 Å². The molecule has 0 amide bonds. The van der Waals surface area contributed by atoms with Crippen molar-refractivity contribution in [2.24, 2.45) is 0 Å². The zero-order valence-electron chi connectivity index (χ0n) is 15.4. The second kappa shape index (κ2) is 10.2. The van der Waals surface area contributed by atoms with Gasteiger partial charge in [-0.15, -0.1) is 0 Å². The molecule has 7 nitrogen and oxygen atoms in total. The number of carboxylic acids is 1. The molecule has 1 fully saturated rings. The lowest BCUT2D eigenvalue weighted by Crippen LogP contribution is -2.32. The van der Waals surface area contributed by atoms with Crippen molar-refractivity contribution in [2.75, 3.05) is 20.2 Å². The highest BCUT2D eigenvalue weighted by molar-refractivity contribution is 5.73. The highest BCUT2D eigenvalue weighted by atomic mass is 19.4. The van der Waals surface area contributed by atoms with Gasteiger partial charge in [0.15, 0.2) is 5.82 Å². The highest BCUT2D eigenvalue weighted by Gasteiger charge is 2.38. The molecule has 154 valence electrons. The van der Waals surface area contributed by atoms with E-state index in [1.165, 1.54) is 18.4 Å². The first kappa shape index (κ1) is 21.8. The molecule has 1 saturated heterocycles. The number of hydrogen-bond acceptors (Lipinski definition) is 6. The number of rotatable bonds is 5. The highest BCUT2D eigenvalue weighted by Crippen LogP contribution is 2.28. The van der Waals surface area contributed by atoms with Gasteiger partial charge in [0.2, 0.25) is 5.89 Å². The van der Waals surface area contributed by atoms with Crippen LogP contribution in [-0.4, -0.2) is 52.5 Å². The Bertz CT molecular complexity index is 729. The number of likely N-dealkylation sites (tertiary alicyclic amines) is 1. The standard InChI is InChI=1S/C16H21N3O2.C2HF3O2/c1-20-12-15-17-16(21-18-15)11-19-9-7-14(8-10-19)13-5-3-2-4-6-13;3-2(4,5)1(6)7/h2-6,14H,7-12H2,1H3;(H,6,7). The fourth-order valence-electron chi connectivity index (χ4n) is 2.88. The molecule has 1 aromatic heterocycles. The topological polar surface area (TPSA) is 88.7 Å². The quantitative estimate of drug-likeness (QED) is 0.823. The Morgan fingerprint density at radius 1 is 1.29 bits per heavy atom. The fraction of sp³-hybridized carbons (Fsp3) is 0.500. The van der Waals surface area contributed by atoms with Crippen LogP contribution in [0.1, 0.15) is 36.0 Å². The Labute approximate surface area is 160 Å². The lowest BCUT2D eigenvalue weighted by atomic mass is 9.89. The summed E-state index contributed by atoms with van der Waals surface area (Å²) in [6, 6.07) is 10.8. The van der Waals surface area contributed by atoms with E-state index < -0.39 is 12.1 Å². The number of nitrogens with zero attached hydrogens (tertiary/aromatic N) is 3. The van der Waals surface area contributed by atoms with Gasteiger partial charge in [-0.3, -0.25) is 4.90 Å². The molecule has 0 aliphatic carbocycles. The number of aromatic nitrogens is 2. The number of methoxy groups -OCH3 is 1. The summed E-state index contributed by atoms with van der Waals surface area (Å²) >= 11 is 0. The van der Waals surface area contributed by atoms with Gasteiger partial charge in [0.25, 0.3) is 0 Å². The van der Waals surface area contributed by atoms with Crippen LogP contribution in [0.5, 0.6) is 0 Å². The van der Waals surface area contributed by atoms with E-state index in [0.717, 1.165) is 19.6 Å². The van der Waals surface area contributed by atoms with Crippen molar-refractivity contribution in [1.82, 2.24) is 15.0 Å². The van der Waals surface area contributed by atoms with Crippen LogP contribution in [0.25, 0.3) is 0 Å². The summed E-state index contributed by atoms with van der Waals surface area (Å²) in [7, 11) is 1.63. The van der Waals surface area contributed by atoms with E-state index >= 15 is 0 Å². The molecule has 0 spiro atoms. The van der Waals surface area contributed by atoms with Crippen molar-refractivity contribution in [2.45, 2.75) is 38.1 Å². The largest absolute Gasteiger partial charge is 0.490 e. The van der Waals surface area contributed by atoms with Gasteiger partial charge in [0.05, 0.1) is 6.54 Å². The molecule has 0 bridgehead atoms. The molecule has 1 aromatic carbocycles. The van der Waals surface area contributed by atoms with Crippen LogP contribution in [0, 0.1) is 0 Å². The number of carboxylic acid groups (broad SMARTS) is 1. The lowest BCUT2D eigenvalue weighted by Gasteiger charge is -2.31. The lowest BCUT2D eigenvalue weighted by molar-refractivity contribution is -0.192. The van der Waals surface area contributed by atoms with Gasteiger partial charge in [-0.05, 0) is 37.4 Å². The molecule has 0 atom stereocenters. The summed E-state index contributed by atoms with van der Waals surface area (Å²) in [6.45, 7) is 3.28. The number of hydrogen-bond donors (Lipinski definition) is 1. The maximum atomic E-state index is 10.6. The first-order valence-corrected chi connectivity index (χ1v) is 8.67. The van der Waals surface area contributed by atoms with Gasteiger partial charge >= 0.3 is 12.1 Å². The molecule has 0 radical (unpaired) electrons. The van der Waals surface area contributed by atoms with Gasteiger partial charge in [-0.25, -0.2) is 4.79 Å². The summed E-state index contributed by atoms with van der Waals surface area (Å²) in [6.07, 6.45) is -2.72. The van der Waals surface area contributed by atoms with Gasteiger partial charge in [-0.2, -0.15) is 18.2 Å². The normalized spacial score (nSPS) is 15.7. The zero-order chi connectivity index (χ0) is 20.6. The van der Waals surface area contributed by atoms with Crippen molar-refractivity contribution < 1.29 is 32.3 Å². The van der Waals surface area contributed by atoms with Crippen molar-refractivity contribution in [3.63, 3.8) is 0 Å². The number of carbonyl (C=O) groups is 1. The van der Waals surface area contributed by atoms with Crippen molar-refractivity contribution in [1.29, 1.82) is 0 Å². The summed E-state index contributed by atoms with van der Waals surface area (Å²) in [5.41, 5.74) is 1.46. The monoisotopic (exact) mass is 401 g/mol. The number of piperidine rings is 1. The van der Waals surface area contributed by atoms with Crippen LogP contribution in [0.15, 0.2) is 34.9 Å². The second-order valence-corrected chi connectivity index (χ2v) is 6.30. The number of halogens is 3. The third kappa shape index (κ3) is 6.93. The fourth-order valence-corrected chi connectivity index (χ4v) is 2.88. The first-order chi connectivity index (χ1) is 13.3. The van der Waals surface area contributed by atoms with Crippen LogP contribution >= 0.6 is 0 Å². The van der Waals surface area contributed by atoms with Gasteiger partial charge in [0.1, 0.15) is 6.61 Å². The van der Waals surface area contributed by atoms with Crippen LogP contribution < -0.4 is 0 Å². The second-order valence-electron chi connectivity index (χ2n) is 6.30. The SMILES string of the molecule is COCc1noc(CN2CCC(c3ccccc3)CC2)n1.O=C(O)C(F)(F)F. The number of alkyl halides is 3. The predicted octanol–water partition coefficient (Wildman–Crippen LogP) is 3.23. The van der Waals surface area contributed by atoms with Crippen LogP contribution in [0.2, 0.25) is 0 Å². The third-order valence-corrected chi connectivity index (χ3v) is 4.24. The minimum Gasteiger partial charge on any atom is -0.475 e. The average molecular weight is 401 g/mol. The molecule has 1 aliphatic heterocycles. The molecule has 0 unspecified atom stereocenters. The zero-order valence-corrected chi connectivity index (χ0v) is 15.4. The Morgan fingerprint density at radius 2 is 1.89 bits per heavy atom. The summed E-state index contributed by atoms with van der Waals surface area (Å²) in [5, 5.41) is 11.0. The Kier molecular flexibility index (Phi) is 7.94. The molecule has 2 heterocycles. The molecule has 3 rings (SSSR count). The molecule has 2 aromatic rings. The Balaban J connectivity index is 0.000000345. The van der Waals surface area contributed by atoms with Crippen molar-refractivity contribution >= 4 is 5.97 Å². The van der Waals surface area contributed by atoms with Gasteiger partial charge in [-0.1, -0.05) is 35.5 Å². The summed E-state index contributed by atoms with van der Waals surface area (Å²) < 4.78 is 42.0. The molecule has 1 aliphatic rings. The number of aliphatic carboxylic acids is 1. The van der Waals surface area contributed by atoms with E-state index in [4.69, 9.17) is 19.2 Å². The van der Waals surface area contributed by atoms with Crippen molar-refractivity contribution in [3.05, 3.63) is 47.6 Å². The molecular weight excluding hydrogens is 379 g/mol. The average Bonchev–Trinajstić information content (AvgIpc) is 3.10. The Hall–Kier alpha value is -2.46. The molecule has 1 N–H and O–H groups in total. The molecule has 0 saturated carbocycles. The minimum absolute atomic E-state index is 0.402. The third-order valence-electron chi connectivity index (χ3n) is 4.24. The summed E-state index contributed by atoms with van der Waals surface area (Å²) in [5.74, 6) is -0.784. The van der Waals surface area contributed by atoms with Gasteiger partial charge in [0, 0.05) is 7.11 Å². The van der Waals surface area contributed by atoms with E-state index in [1.807, 2.05) is 0 Å². The van der Waals surface area contributed by atoms with Gasteiger partial charge < -0.3 is 14.4 Å². The van der Waals surface area contributed by atoms with Crippen LogP contribution in [0.4, 0.5) is 13.2 Å². The minimum atomic E-state index is -5.08. The predicted molar refractivity (Wildman–Crippen MR) is 92.4 cm³/mol.